The minimum atomic E-state index is -0.0903. The molecule has 6 nitrogen and oxygen atoms in total. The summed E-state index contributed by atoms with van der Waals surface area (Å²) in [6.07, 6.45) is 5.48. The molecular weight excluding hydrogens is 306 g/mol. The molecule has 2 atom stereocenters. The van der Waals surface area contributed by atoms with Gasteiger partial charge in [-0.25, -0.2) is 0 Å². The molecule has 2 aliphatic rings. The molecule has 2 fully saturated rings. The second-order valence-corrected chi connectivity index (χ2v) is 7.03. The van der Waals surface area contributed by atoms with Gasteiger partial charge in [0.05, 0.1) is 18.5 Å². The van der Waals surface area contributed by atoms with E-state index in [0.717, 1.165) is 50.6 Å². The van der Waals surface area contributed by atoms with Crippen molar-refractivity contribution in [1.29, 1.82) is 0 Å². The molecule has 1 spiro atoms. The fourth-order valence-corrected chi connectivity index (χ4v) is 3.35. The molecule has 2 unspecified atom stereocenters. The molecule has 2 aliphatic heterocycles. The van der Waals surface area contributed by atoms with Gasteiger partial charge < -0.3 is 24.5 Å². The van der Waals surface area contributed by atoms with E-state index in [1.807, 2.05) is 12.1 Å². The summed E-state index contributed by atoms with van der Waals surface area (Å²) in [7, 11) is 0. The first-order chi connectivity index (χ1) is 11.7. The van der Waals surface area contributed by atoms with Crippen LogP contribution in [0.2, 0.25) is 0 Å². The van der Waals surface area contributed by atoms with Gasteiger partial charge in [0.2, 0.25) is 0 Å². The lowest BCUT2D eigenvalue weighted by Crippen LogP contribution is -2.52. The summed E-state index contributed by atoms with van der Waals surface area (Å²) < 4.78 is 16.9. The van der Waals surface area contributed by atoms with Crippen molar-refractivity contribution in [3.63, 3.8) is 0 Å². The van der Waals surface area contributed by atoms with E-state index in [0.29, 0.717) is 25.2 Å². The molecule has 1 aromatic heterocycles. The number of hydrogen-bond donors (Lipinski definition) is 2. The van der Waals surface area contributed by atoms with Crippen LogP contribution in [0.5, 0.6) is 0 Å². The topological polar surface area (TPSA) is 68.0 Å². The molecule has 0 amide bonds. The summed E-state index contributed by atoms with van der Waals surface area (Å²) in [6.45, 7) is 7.25. The molecule has 3 rings (SSSR count). The zero-order valence-corrected chi connectivity index (χ0v) is 14.7. The number of furan rings is 1. The summed E-state index contributed by atoms with van der Waals surface area (Å²) in [4.78, 5) is 4.71. The van der Waals surface area contributed by atoms with Crippen LogP contribution in [0.4, 0.5) is 0 Å². The highest BCUT2D eigenvalue weighted by Gasteiger charge is 2.41. The number of guanidine groups is 1. The number of aliphatic imine (C=N–C) groups is 1. The van der Waals surface area contributed by atoms with E-state index in [2.05, 4.69) is 24.5 Å². The number of ether oxygens (including phenoxy) is 2. The van der Waals surface area contributed by atoms with Crippen LogP contribution in [0.15, 0.2) is 27.8 Å². The van der Waals surface area contributed by atoms with Gasteiger partial charge >= 0.3 is 0 Å². The summed E-state index contributed by atoms with van der Waals surface area (Å²) in [6, 6.07) is 4.61. The fourth-order valence-electron chi connectivity index (χ4n) is 3.35. The van der Waals surface area contributed by atoms with Crippen LogP contribution in [0.1, 0.15) is 38.9 Å². The standard InChI is InChI=1S/C18H29N3O3/c1-14(2)20-17(19-8-5-16-4-3-9-23-16)21-15-6-10-24-18(12-15)7-11-22-13-18/h3-4,9,14-15H,5-8,10-13H2,1-2H3,(H2,19,20,21). The minimum Gasteiger partial charge on any atom is -0.469 e. The van der Waals surface area contributed by atoms with Gasteiger partial charge in [-0.1, -0.05) is 0 Å². The third-order valence-corrected chi connectivity index (χ3v) is 4.53. The lowest BCUT2D eigenvalue weighted by atomic mass is 9.90. The van der Waals surface area contributed by atoms with Gasteiger partial charge in [-0.3, -0.25) is 4.99 Å². The highest BCUT2D eigenvalue weighted by molar-refractivity contribution is 5.80. The Hall–Kier alpha value is -1.53. The highest BCUT2D eigenvalue weighted by Crippen LogP contribution is 2.32. The van der Waals surface area contributed by atoms with E-state index in [4.69, 9.17) is 18.9 Å². The van der Waals surface area contributed by atoms with E-state index in [1.54, 1.807) is 6.26 Å². The predicted molar refractivity (Wildman–Crippen MR) is 93.3 cm³/mol. The van der Waals surface area contributed by atoms with Crippen LogP contribution < -0.4 is 10.6 Å². The Morgan fingerprint density at radius 1 is 1.42 bits per heavy atom. The number of hydrogen-bond acceptors (Lipinski definition) is 4. The number of nitrogens with zero attached hydrogens (tertiary/aromatic N) is 1. The predicted octanol–water partition coefficient (Wildman–Crippen LogP) is 2.10. The second kappa shape index (κ2) is 8.03. The SMILES string of the molecule is CC(C)NC(=NCCc1ccco1)NC1CCOC2(CCOC2)C1. The van der Waals surface area contributed by atoms with Crippen LogP contribution in [0, 0.1) is 0 Å². The zero-order valence-electron chi connectivity index (χ0n) is 14.7. The Labute approximate surface area is 144 Å². The first kappa shape index (κ1) is 17.3. The van der Waals surface area contributed by atoms with Gasteiger partial charge in [-0.05, 0) is 38.8 Å². The van der Waals surface area contributed by atoms with Crippen LogP contribution in [0.3, 0.4) is 0 Å². The fraction of sp³-hybridized carbons (Fsp3) is 0.722. The normalized spacial score (nSPS) is 27.8. The van der Waals surface area contributed by atoms with Gasteiger partial charge in [-0.2, -0.15) is 0 Å². The minimum absolute atomic E-state index is 0.0903. The van der Waals surface area contributed by atoms with Crippen molar-refractivity contribution in [2.24, 2.45) is 4.99 Å². The van der Waals surface area contributed by atoms with Crippen LogP contribution in [0.25, 0.3) is 0 Å². The van der Waals surface area contributed by atoms with Crippen molar-refractivity contribution >= 4 is 5.96 Å². The largest absolute Gasteiger partial charge is 0.469 e. The number of rotatable bonds is 5. The Balaban J connectivity index is 1.56. The molecule has 24 heavy (non-hydrogen) atoms. The first-order valence-corrected chi connectivity index (χ1v) is 8.97. The maximum Gasteiger partial charge on any atom is 0.191 e. The lowest BCUT2D eigenvalue weighted by molar-refractivity contribution is -0.0873. The molecule has 0 bridgehead atoms. The van der Waals surface area contributed by atoms with Crippen molar-refractivity contribution in [2.75, 3.05) is 26.4 Å². The summed E-state index contributed by atoms with van der Waals surface area (Å²) in [5, 5.41) is 7.01. The van der Waals surface area contributed by atoms with Crippen molar-refractivity contribution < 1.29 is 13.9 Å². The summed E-state index contributed by atoms with van der Waals surface area (Å²) >= 11 is 0. The van der Waals surface area contributed by atoms with Crippen LogP contribution in [-0.2, 0) is 15.9 Å². The maximum absolute atomic E-state index is 6.01. The lowest BCUT2D eigenvalue weighted by Gasteiger charge is -2.38. The molecular formula is C18H29N3O3. The molecule has 1 aromatic rings. The molecule has 0 saturated carbocycles. The highest BCUT2D eigenvalue weighted by atomic mass is 16.6. The van der Waals surface area contributed by atoms with Gasteiger partial charge in [0, 0.05) is 44.7 Å². The van der Waals surface area contributed by atoms with Gasteiger partial charge in [-0.15, -0.1) is 0 Å². The monoisotopic (exact) mass is 335 g/mol. The molecule has 134 valence electrons. The van der Waals surface area contributed by atoms with Gasteiger partial charge in [0.25, 0.3) is 0 Å². The Morgan fingerprint density at radius 2 is 2.33 bits per heavy atom. The Bertz CT molecular complexity index is 522. The molecule has 2 saturated heterocycles. The van der Waals surface area contributed by atoms with Crippen molar-refractivity contribution in [3.8, 4) is 0 Å². The van der Waals surface area contributed by atoms with Crippen molar-refractivity contribution in [2.45, 2.75) is 57.2 Å². The van der Waals surface area contributed by atoms with E-state index in [-0.39, 0.29) is 5.60 Å². The molecule has 6 heteroatoms. The van der Waals surface area contributed by atoms with Crippen LogP contribution in [-0.4, -0.2) is 50.0 Å². The molecule has 0 aliphatic carbocycles. The van der Waals surface area contributed by atoms with E-state index in [1.165, 1.54) is 0 Å². The quantitative estimate of drug-likeness (QED) is 0.637. The van der Waals surface area contributed by atoms with Gasteiger partial charge in [0.1, 0.15) is 5.76 Å². The van der Waals surface area contributed by atoms with Crippen LogP contribution >= 0.6 is 0 Å². The molecule has 2 N–H and O–H groups in total. The van der Waals surface area contributed by atoms with Crippen molar-refractivity contribution in [1.82, 2.24) is 10.6 Å². The maximum atomic E-state index is 6.01. The zero-order chi connectivity index (χ0) is 16.8. The van der Waals surface area contributed by atoms with E-state index >= 15 is 0 Å². The summed E-state index contributed by atoms with van der Waals surface area (Å²) in [5.41, 5.74) is -0.0903. The number of nitrogens with one attached hydrogen (secondary N) is 2. The van der Waals surface area contributed by atoms with Gasteiger partial charge in [0.15, 0.2) is 5.96 Å². The van der Waals surface area contributed by atoms with E-state index < -0.39 is 0 Å². The molecule has 0 radical (unpaired) electrons. The smallest absolute Gasteiger partial charge is 0.191 e. The Morgan fingerprint density at radius 3 is 3.04 bits per heavy atom. The average molecular weight is 335 g/mol. The first-order valence-electron chi connectivity index (χ1n) is 8.97. The molecule has 0 aromatic carbocycles. The van der Waals surface area contributed by atoms with Crippen molar-refractivity contribution in [3.05, 3.63) is 24.2 Å². The third kappa shape index (κ3) is 4.74. The Kier molecular flexibility index (Phi) is 5.79. The third-order valence-electron chi connectivity index (χ3n) is 4.53. The second-order valence-electron chi connectivity index (χ2n) is 7.03. The summed E-state index contributed by atoms with van der Waals surface area (Å²) in [5.74, 6) is 1.84. The average Bonchev–Trinajstić information content (AvgIpc) is 3.19. The van der Waals surface area contributed by atoms with E-state index in [9.17, 15) is 0 Å². The molecule has 3 heterocycles.